The number of benzene rings is 8. The van der Waals surface area contributed by atoms with Crippen molar-refractivity contribution < 1.29 is 0 Å². The molecule has 0 bridgehead atoms. The number of hydrogen-bond acceptors (Lipinski definition) is 1. The van der Waals surface area contributed by atoms with Gasteiger partial charge in [0.25, 0.3) is 0 Å². The van der Waals surface area contributed by atoms with Crippen LogP contribution in [0.5, 0.6) is 0 Å². The standard InChI is InChI=1S/C46H33N/c1-4-12-40-37(11-1)30-45(44-16-8-7-15-43(40)44)33-23-27-39(28-24-33)47-38-25-21-32(22-26-38)31-17-19-34(20-18-31)46-41-13-5-2-9-35(41)29-36-10-3-6-14-42(36)46/h1-25,27-30,38,47H,26H2. The molecule has 0 saturated carbocycles. The first-order valence-electron chi connectivity index (χ1n) is 16.5. The van der Waals surface area contributed by atoms with Crippen molar-refractivity contribution in [2.75, 3.05) is 5.32 Å². The summed E-state index contributed by atoms with van der Waals surface area (Å²) < 4.78 is 0. The van der Waals surface area contributed by atoms with Crippen LogP contribution >= 0.6 is 0 Å². The van der Waals surface area contributed by atoms with Crippen molar-refractivity contribution in [3.63, 3.8) is 0 Å². The van der Waals surface area contributed by atoms with E-state index in [9.17, 15) is 0 Å². The van der Waals surface area contributed by atoms with Crippen LogP contribution in [0.1, 0.15) is 12.0 Å². The van der Waals surface area contributed by atoms with Gasteiger partial charge in [0.15, 0.2) is 0 Å². The Bertz CT molecular complexity index is 2440. The second kappa shape index (κ2) is 11.5. The molecule has 0 spiro atoms. The van der Waals surface area contributed by atoms with Crippen LogP contribution in [0.2, 0.25) is 0 Å². The highest BCUT2D eigenvalue weighted by Crippen LogP contribution is 2.38. The summed E-state index contributed by atoms with van der Waals surface area (Å²) in [5.41, 5.74) is 8.73. The van der Waals surface area contributed by atoms with Gasteiger partial charge in [-0.15, -0.1) is 0 Å². The molecule has 1 atom stereocenters. The first-order valence-corrected chi connectivity index (χ1v) is 16.5. The third-order valence-electron chi connectivity index (χ3n) is 9.69. The zero-order valence-electron chi connectivity index (χ0n) is 26.0. The maximum absolute atomic E-state index is 3.73. The normalized spacial score (nSPS) is 14.6. The van der Waals surface area contributed by atoms with Crippen LogP contribution in [-0.2, 0) is 0 Å². The van der Waals surface area contributed by atoms with Gasteiger partial charge in [0.2, 0.25) is 0 Å². The molecular formula is C46H33N. The number of allylic oxidation sites excluding steroid dienone is 2. The molecule has 0 amide bonds. The Morgan fingerprint density at radius 2 is 0.979 bits per heavy atom. The molecule has 0 aromatic heterocycles. The average molecular weight is 600 g/mol. The van der Waals surface area contributed by atoms with Crippen LogP contribution in [0.25, 0.3) is 70.9 Å². The number of hydrogen-bond donors (Lipinski definition) is 1. The largest absolute Gasteiger partial charge is 0.379 e. The van der Waals surface area contributed by atoms with Gasteiger partial charge in [0, 0.05) is 11.7 Å². The first kappa shape index (κ1) is 27.4. The Hall–Kier alpha value is -5.92. The summed E-state index contributed by atoms with van der Waals surface area (Å²) in [6.07, 6.45) is 7.86. The number of anilines is 1. The summed E-state index contributed by atoms with van der Waals surface area (Å²) >= 11 is 0. The monoisotopic (exact) mass is 599 g/mol. The van der Waals surface area contributed by atoms with Crippen LogP contribution in [-0.4, -0.2) is 6.04 Å². The number of fused-ring (bicyclic) bond motifs is 5. The van der Waals surface area contributed by atoms with Crippen LogP contribution in [0.3, 0.4) is 0 Å². The zero-order valence-corrected chi connectivity index (χ0v) is 26.0. The maximum atomic E-state index is 3.73. The fourth-order valence-electron chi connectivity index (χ4n) is 7.35. The van der Waals surface area contributed by atoms with Gasteiger partial charge in [-0.25, -0.2) is 0 Å². The Morgan fingerprint density at radius 3 is 1.62 bits per heavy atom. The summed E-state index contributed by atoms with van der Waals surface area (Å²) in [6, 6.07) is 57.7. The molecule has 0 heterocycles. The fraction of sp³-hybridized carbons (Fsp3) is 0.0435. The van der Waals surface area contributed by atoms with E-state index >= 15 is 0 Å². The second-order valence-corrected chi connectivity index (χ2v) is 12.5. The molecular weight excluding hydrogens is 567 g/mol. The van der Waals surface area contributed by atoms with Gasteiger partial charge in [0.1, 0.15) is 0 Å². The van der Waals surface area contributed by atoms with Crippen molar-refractivity contribution in [1.29, 1.82) is 0 Å². The van der Waals surface area contributed by atoms with Gasteiger partial charge in [0.05, 0.1) is 0 Å². The predicted molar refractivity (Wildman–Crippen MR) is 203 cm³/mol. The molecule has 1 unspecified atom stereocenters. The van der Waals surface area contributed by atoms with Crippen molar-refractivity contribution in [2.24, 2.45) is 0 Å². The minimum atomic E-state index is 0.257. The van der Waals surface area contributed by atoms with E-state index in [1.54, 1.807) is 0 Å². The summed E-state index contributed by atoms with van der Waals surface area (Å²) in [4.78, 5) is 0. The molecule has 47 heavy (non-hydrogen) atoms. The molecule has 8 aromatic rings. The third kappa shape index (κ3) is 4.98. The first-order chi connectivity index (χ1) is 23.3. The molecule has 0 radical (unpaired) electrons. The van der Waals surface area contributed by atoms with E-state index in [2.05, 4.69) is 181 Å². The minimum absolute atomic E-state index is 0.257. The second-order valence-electron chi connectivity index (χ2n) is 12.5. The predicted octanol–water partition coefficient (Wildman–Crippen LogP) is 12.5. The lowest BCUT2D eigenvalue weighted by atomic mass is 9.90. The molecule has 9 rings (SSSR count). The molecule has 0 fully saturated rings. The highest BCUT2D eigenvalue weighted by Gasteiger charge is 2.14. The number of rotatable bonds is 5. The van der Waals surface area contributed by atoms with Gasteiger partial charge >= 0.3 is 0 Å². The van der Waals surface area contributed by atoms with Crippen LogP contribution in [0.4, 0.5) is 5.69 Å². The van der Waals surface area contributed by atoms with E-state index in [0.29, 0.717) is 0 Å². The minimum Gasteiger partial charge on any atom is -0.379 e. The van der Waals surface area contributed by atoms with E-state index in [4.69, 9.17) is 0 Å². The van der Waals surface area contributed by atoms with E-state index in [1.165, 1.54) is 76.5 Å². The SMILES string of the molecule is C1=CC(Nc2ccc(-c3cc4ccccc4c4ccccc34)cc2)CC=C1c1ccc(-c2c3ccccc3cc3ccccc23)cc1. The van der Waals surface area contributed by atoms with Crippen LogP contribution in [0, 0.1) is 0 Å². The van der Waals surface area contributed by atoms with Gasteiger partial charge in [-0.1, -0.05) is 152 Å². The maximum Gasteiger partial charge on any atom is 0.0482 e. The lowest BCUT2D eigenvalue weighted by molar-refractivity contribution is 0.886. The number of nitrogens with one attached hydrogen (secondary N) is 1. The van der Waals surface area contributed by atoms with E-state index in [0.717, 1.165) is 12.1 Å². The van der Waals surface area contributed by atoms with Gasteiger partial charge < -0.3 is 5.32 Å². The molecule has 1 aliphatic carbocycles. The topological polar surface area (TPSA) is 12.0 Å². The highest BCUT2D eigenvalue weighted by molar-refractivity contribution is 6.14. The lowest BCUT2D eigenvalue weighted by Crippen LogP contribution is -2.17. The molecule has 1 N–H and O–H groups in total. The Kier molecular flexibility index (Phi) is 6.68. The van der Waals surface area contributed by atoms with Gasteiger partial charge in [-0.05, 0) is 107 Å². The lowest BCUT2D eigenvalue weighted by Gasteiger charge is -2.20. The summed E-state index contributed by atoms with van der Waals surface area (Å²) in [5, 5.41) is 14.0. The van der Waals surface area contributed by atoms with Gasteiger partial charge in [-0.3, -0.25) is 0 Å². The Labute approximate surface area is 275 Å². The summed E-state index contributed by atoms with van der Waals surface area (Å²) in [6.45, 7) is 0. The fourth-order valence-corrected chi connectivity index (χ4v) is 7.35. The van der Waals surface area contributed by atoms with Gasteiger partial charge in [-0.2, -0.15) is 0 Å². The zero-order chi connectivity index (χ0) is 31.2. The van der Waals surface area contributed by atoms with Crippen LogP contribution < -0.4 is 5.32 Å². The Morgan fingerprint density at radius 1 is 0.447 bits per heavy atom. The smallest absolute Gasteiger partial charge is 0.0482 e. The van der Waals surface area contributed by atoms with Crippen molar-refractivity contribution in [1.82, 2.24) is 0 Å². The van der Waals surface area contributed by atoms with Crippen molar-refractivity contribution >= 4 is 54.4 Å². The molecule has 222 valence electrons. The Balaban J connectivity index is 0.931. The van der Waals surface area contributed by atoms with E-state index in [1.807, 2.05) is 0 Å². The van der Waals surface area contributed by atoms with Crippen molar-refractivity contribution in [3.8, 4) is 22.3 Å². The van der Waals surface area contributed by atoms with E-state index < -0.39 is 0 Å². The summed E-state index contributed by atoms with van der Waals surface area (Å²) in [7, 11) is 0. The average Bonchev–Trinajstić information content (AvgIpc) is 3.14. The molecule has 1 heteroatoms. The van der Waals surface area contributed by atoms with Crippen LogP contribution in [0.15, 0.2) is 176 Å². The molecule has 1 nitrogen and oxygen atoms in total. The molecule has 0 saturated heterocycles. The quantitative estimate of drug-likeness (QED) is 0.153. The van der Waals surface area contributed by atoms with E-state index in [-0.39, 0.29) is 6.04 Å². The van der Waals surface area contributed by atoms with Crippen molar-refractivity contribution in [2.45, 2.75) is 12.5 Å². The third-order valence-corrected chi connectivity index (χ3v) is 9.69. The molecule has 1 aliphatic rings. The molecule has 0 aliphatic heterocycles. The highest BCUT2D eigenvalue weighted by atomic mass is 14.9. The summed E-state index contributed by atoms with van der Waals surface area (Å²) in [5.74, 6) is 0. The van der Waals surface area contributed by atoms with Crippen molar-refractivity contribution in [3.05, 3.63) is 182 Å². The molecule has 8 aromatic carbocycles.